The van der Waals surface area contributed by atoms with Gasteiger partial charge in [0, 0.05) is 48.5 Å². The number of hydrogen-bond acceptors (Lipinski definition) is 4. The lowest BCUT2D eigenvalue weighted by atomic mass is 10.2. The van der Waals surface area contributed by atoms with Gasteiger partial charge in [0.15, 0.2) is 5.96 Å². The van der Waals surface area contributed by atoms with Crippen LogP contribution in [0.4, 0.5) is 0 Å². The Kier molecular flexibility index (Phi) is 12.5. The fourth-order valence-corrected chi connectivity index (χ4v) is 3.87. The zero-order valence-corrected chi connectivity index (χ0v) is 19.4. The largest absolute Gasteiger partial charge is 0.379 e. The molecule has 7 heteroatoms. The SMILES string of the molecule is CCNC(=NCCCOCC1CCCO1)NC(C)Cc1ccc(C)s1.I. The van der Waals surface area contributed by atoms with Crippen LogP contribution in [0.1, 0.15) is 42.9 Å². The summed E-state index contributed by atoms with van der Waals surface area (Å²) in [5.74, 6) is 0.891. The standard InChI is InChI=1S/C19H33N3O2S.HI/c1-4-20-19(22-15(2)13-18-9-8-16(3)25-18)21-10-6-11-23-14-17-7-5-12-24-17;/h8-9,15,17H,4-7,10-14H2,1-3H3,(H2,20,21,22);1H. The first-order chi connectivity index (χ1) is 12.2. The maximum atomic E-state index is 5.69. The molecule has 26 heavy (non-hydrogen) atoms. The molecule has 1 aromatic rings. The van der Waals surface area contributed by atoms with Crippen molar-refractivity contribution in [3.8, 4) is 0 Å². The molecule has 0 aliphatic carbocycles. The summed E-state index contributed by atoms with van der Waals surface area (Å²) in [5.41, 5.74) is 0. The topological polar surface area (TPSA) is 54.9 Å². The molecule has 0 radical (unpaired) electrons. The van der Waals surface area contributed by atoms with Crippen LogP contribution in [0.2, 0.25) is 0 Å². The van der Waals surface area contributed by atoms with Gasteiger partial charge in [0.1, 0.15) is 0 Å². The minimum atomic E-state index is 0. The van der Waals surface area contributed by atoms with Crippen molar-refractivity contribution >= 4 is 41.3 Å². The molecule has 0 amide bonds. The van der Waals surface area contributed by atoms with E-state index in [0.717, 1.165) is 58.1 Å². The van der Waals surface area contributed by atoms with E-state index in [9.17, 15) is 0 Å². The molecule has 150 valence electrons. The summed E-state index contributed by atoms with van der Waals surface area (Å²) in [6.07, 6.45) is 4.56. The molecular weight excluding hydrogens is 461 g/mol. The number of ether oxygens (including phenoxy) is 2. The van der Waals surface area contributed by atoms with Gasteiger partial charge in [-0.1, -0.05) is 0 Å². The minimum Gasteiger partial charge on any atom is -0.379 e. The summed E-state index contributed by atoms with van der Waals surface area (Å²) in [7, 11) is 0. The number of hydrogen-bond donors (Lipinski definition) is 2. The van der Waals surface area contributed by atoms with E-state index in [4.69, 9.17) is 9.47 Å². The molecule has 1 aromatic heterocycles. The molecule has 0 aromatic carbocycles. The van der Waals surface area contributed by atoms with Crippen molar-refractivity contribution in [1.82, 2.24) is 10.6 Å². The zero-order valence-electron chi connectivity index (χ0n) is 16.3. The van der Waals surface area contributed by atoms with Crippen LogP contribution in [-0.2, 0) is 15.9 Å². The van der Waals surface area contributed by atoms with Crippen molar-refractivity contribution in [3.63, 3.8) is 0 Å². The zero-order chi connectivity index (χ0) is 17.9. The van der Waals surface area contributed by atoms with Crippen LogP contribution < -0.4 is 10.6 Å². The molecule has 2 atom stereocenters. The van der Waals surface area contributed by atoms with E-state index in [-0.39, 0.29) is 24.0 Å². The van der Waals surface area contributed by atoms with E-state index in [1.807, 2.05) is 11.3 Å². The molecule has 1 saturated heterocycles. The maximum Gasteiger partial charge on any atom is 0.191 e. The Morgan fingerprint density at radius 2 is 2.31 bits per heavy atom. The quantitative estimate of drug-likeness (QED) is 0.225. The van der Waals surface area contributed by atoms with Crippen LogP contribution >= 0.6 is 35.3 Å². The second-order valence-corrected chi connectivity index (χ2v) is 7.96. The van der Waals surface area contributed by atoms with E-state index in [1.54, 1.807) is 0 Å². The molecule has 2 N–H and O–H groups in total. The van der Waals surface area contributed by atoms with Gasteiger partial charge in [-0.3, -0.25) is 4.99 Å². The lowest BCUT2D eigenvalue weighted by molar-refractivity contribution is 0.0171. The third kappa shape index (κ3) is 9.53. The highest BCUT2D eigenvalue weighted by atomic mass is 127. The Balaban J connectivity index is 0.00000338. The lowest BCUT2D eigenvalue weighted by Gasteiger charge is -2.17. The normalized spacial score (nSPS) is 18.4. The third-order valence-electron chi connectivity index (χ3n) is 4.08. The highest BCUT2D eigenvalue weighted by Gasteiger charge is 2.14. The number of guanidine groups is 1. The van der Waals surface area contributed by atoms with Crippen LogP contribution in [0.15, 0.2) is 17.1 Å². The third-order valence-corrected chi connectivity index (χ3v) is 5.10. The smallest absolute Gasteiger partial charge is 0.191 e. The monoisotopic (exact) mass is 495 g/mol. The van der Waals surface area contributed by atoms with E-state index < -0.39 is 0 Å². The number of nitrogens with one attached hydrogen (secondary N) is 2. The number of aliphatic imine (C=N–C) groups is 1. The molecule has 2 heterocycles. The minimum absolute atomic E-state index is 0. The van der Waals surface area contributed by atoms with Gasteiger partial charge in [0.2, 0.25) is 0 Å². The first-order valence-electron chi connectivity index (χ1n) is 9.47. The molecule has 0 spiro atoms. The van der Waals surface area contributed by atoms with Gasteiger partial charge in [0.25, 0.3) is 0 Å². The number of nitrogens with zero attached hydrogens (tertiary/aromatic N) is 1. The number of rotatable bonds is 10. The second kappa shape index (κ2) is 13.7. The Hall–Kier alpha value is -0.380. The fourth-order valence-electron chi connectivity index (χ4n) is 2.85. The van der Waals surface area contributed by atoms with Crippen molar-refractivity contribution < 1.29 is 9.47 Å². The van der Waals surface area contributed by atoms with Crippen molar-refractivity contribution in [2.45, 2.75) is 58.6 Å². The predicted octanol–water partition coefficient (Wildman–Crippen LogP) is 3.75. The molecule has 5 nitrogen and oxygen atoms in total. The van der Waals surface area contributed by atoms with E-state index in [1.165, 1.54) is 16.2 Å². The highest BCUT2D eigenvalue weighted by molar-refractivity contribution is 14.0. The average molecular weight is 495 g/mol. The number of thiophene rings is 1. The van der Waals surface area contributed by atoms with Crippen molar-refractivity contribution in [1.29, 1.82) is 0 Å². The van der Waals surface area contributed by atoms with Crippen molar-refractivity contribution in [3.05, 3.63) is 21.9 Å². The molecule has 1 fully saturated rings. The fraction of sp³-hybridized carbons (Fsp3) is 0.737. The van der Waals surface area contributed by atoms with Crippen molar-refractivity contribution in [2.24, 2.45) is 4.99 Å². The summed E-state index contributed by atoms with van der Waals surface area (Å²) < 4.78 is 11.2. The van der Waals surface area contributed by atoms with Gasteiger partial charge >= 0.3 is 0 Å². The lowest BCUT2D eigenvalue weighted by Crippen LogP contribution is -2.43. The Labute approximate surface area is 179 Å². The Bertz CT molecular complexity index is 519. The number of halogens is 1. The molecule has 2 unspecified atom stereocenters. The predicted molar refractivity (Wildman–Crippen MR) is 121 cm³/mol. The molecule has 0 bridgehead atoms. The van der Waals surface area contributed by atoms with Crippen LogP contribution in [0.3, 0.4) is 0 Å². The molecular formula is C19H34IN3O2S. The van der Waals surface area contributed by atoms with Gasteiger partial charge in [0.05, 0.1) is 12.7 Å². The average Bonchev–Trinajstić information content (AvgIpc) is 3.22. The van der Waals surface area contributed by atoms with Gasteiger partial charge < -0.3 is 20.1 Å². The molecule has 1 aliphatic heterocycles. The molecule has 1 aliphatic rings. The Morgan fingerprint density at radius 1 is 1.46 bits per heavy atom. The summed E-state index contributed by atoms with van der Waals surface area (Å²) >= 11 is 1.87. The van der Waals surface area contributed by atoms with Crippen LogP contribution in [0.25, 0.3) is 0 Å². The summed E-state index contributed by atoms with van der Waals surface area (Å²) in [6.45, 7) is 10.4. The van der Waals surface area contributed by atoms with Crippen LogP contribution in [-0.4, -0.2) is 51.0 Å². The second-order valence-electron chi connectivity index (χ2n) is 6.59. The van der Waals surface area contributed by atoms with E-state index in [0.29, 0.717) is 12.1 Å². The van der Waals surface area contributed by atoms with Gasteiger partial charge in [-0.15, -0.1) is 35.3 Å². The van der Waals surface area contributed by atoms with Gasteiger partial charge in [-0.05, 0) is 52.2 Å². The van der Waals surface area contributed by atoms with Crippen LogP contribution in [0.5, 0.6) is 0 Å². The summed E-state index contributed by atoms with van der Waals surface area (Å²) in [4.78, 5) is 7.44. The molecule has 0 saturated carbocycles. The van der Waals surface area contributed by atoms with E-state index in [2.05, 4.69) is 48.5 Å². The van der Waals surface area contributed by atoms with Crippen molar-refractivity contribution in [2.75, 3.05) is 32.9 Å². The molecule has 2 rings (SSSR count). The van der Waals surface area contributed by atoms with E-state index >= 15 is 0 Å². The summed E-state index contributed by atoms with van der Waals surface area (Å²) in [6, 6.07) is 4.75. The van der Waals surface area contributed by atoms with Gasteiger partial charge in [-0.2, -0.15) is 0 Å². The van der Waals surface area contributed by atoms with Gasteiger partial charge in [-0.25, -0.2) is 0 Å². The maximum absolute atomic E-state index is 5.69. The summed E-state index contributed by atoms with van der Waals surface area (Å²) in [5, 5.41) is 6.82. The van der Waals surface area contributed by atoms with Crippen LogP contribution in [0, 0.1) is 6.92 Å². The number of aryl methyl sites for hydroxylation is 1. The first kappa shape index (κ1) is 23.7. The Morgan fingerprint density at radius 3 is 2.96 bits per heavy atom. The highest BCUT2D eigenvalue weighted by Crippen LogP contribution is 2.16. The first-order valence-corrected chi connectivity index (χ1v) is 10.3.